The number of benzene rings is 1. The number of nitrogens with zero attached hydrogens (tertiary/aromatic N) is 2. The predicted molar refractivity (Wildman–Crippen MR) is 103 cm³/mol. The summed E-state index contributed by atoms with van der Waals surface area (Å²) in [5.74, 6) is -1.56. The van der Waals surface area contributed by atoms with E-state index < -0.39 is 33.8 Å². The van der Waals surface area contributed by atoms with Gasteiger partial charge in [-0.25, -0.2) is 17.6 Å². The zero-order valence-corrected chi connectivity index (χ0v) is 17.1. The number of methoxy groups -OCH3 is 1. The van der Waals surface area contributed by atoms with Crippen LogP contribution in [0.1, 0.15) is 28.9 Å². The molecule has 1 aromatic carbocycles. The van der Waals surface area contributed by atoms with Crippen LogP contribution in [0.3, 0.4) is 0 Å². The van der Waals surface area contributed by atoms with Crippen LogP contribution in [-0.2, 0) is 26.6 Å². The van der Waals surface area contributed by atoms with E-state index >= 15 is 0 Å². The lowest BCUT2D eigenvalue weighted by Crippen LogP contribution is -2.43. The van der Waals surface area contributed by atoms with Crippen LogP contribution in [0.2, 0.25) is 0 Å². The smallest absolute Gasteiger partial charge is 0.354 e. The summed E-state index contributed by atoms with van der Waals surface area (Å²) in [6.07, 6.45) is 2.21. The second kappa shape index (κ2) is 7.96. The summed E-state index contributed by atoms with van der Waals surface area (Å²) in [5, 5.41) is 2.69. The maximum Gasteiger partial charge on any atom is 0.354 e. The lowest BCUT2D eigenvalue weighted by Gasteiger charge is -2.23. The Morgan fingerprint density at radius 3 is 2.66 bits per heavy atom. The molecule has 1 saturated heterocycles. The molecule has 0 spiro atoms. The summed E-state index contributed by atoms with van der Waals surface area (Å²) in [7, 11) is -1.25. The van der Waals surface area contributed by atoms with Gasteiger partial charge in [-0.1, -0.05) is 0 Å². The Labute approximate surface area is 168 Å². The molecule has 156 valence electrons. The van der Waals surface area contributed by atoms with E-state index in [0.717, 1.165) is 4.31 Å². The Hall–Kier alpha value is -2.72. The predicted octanol–water partition coefficient (Wildman–Crippen LogP) is 2.05. The second-order valence-corrected chi connectivity index (χ2v) is 8.78. The molecule has 2 heterocycles. The van der Waals surface area contributed by atoms with Crippen molar-refractivity contribution in [2.45, 2.75) is 30.7 Å². The van der Waals surface area contributed by atoms with Crippen LogP contribution in [0, 0.1) is 12.7 Å². The fourth-order valence-corrected chi connectivity index (χ4v) is 5.12. The van der Waals surface area contributed by atoms with Crippen molar-refractivity contribution in [1.82, 2.24) is 8.87 Å². The van der Waals surface area contributed by atoms with Gasteiger partial charge in [-0.2, -0.15) is 4.31 Å². The molecule has 1 amide bonds. The van der Waals surface area contributed by atoms with Gasteiger partial charge in [0.25, 0.3) is 0 Å². The zero-order chi connectivity index (χ0) is 21.3. The minimum Gasteiger partial charge on any atom is -0.464 e. The van der Waals surface area contributed by atoms with E-state index in [1.807, 2.05) is 0 Å². The third-order valence-corrected chi connectivity index (χ3v) is 6.81. The van der Waals surface area contributed by atoms with Crippen LogP contribution in [0.5, 0.6) is 0 Å². The molecule has 10 heteroatoms. The molecule has 1 aliphatic heterocycles. The normalized spacial score (nSPS) is 17.3. The van der Waals surface area contributed by atoms with Crippen LogP contribution in [0.25, 0.3) is 0 Å². The van der Waals surface area contributed by atoms with Crippen molar-refractivity contribution in [3.05, 3.63) is 47.5 Å². The Balaban J connectivity index is 1.85. The van der Waals surface area contributed by atoms with Gasteiger partial charge in [0.15, 0.2) is 0 Å². The first-order valence-electron chi connectivity index (χ1n) is 8.98. The number of esters is 1. The number of hydrogen-bond acceptors (Lipinski definition) is 5. The van der Waals surface area contributed by atoms with Crippen molar-refractivity contribution in [3.8, 4) is 0 Å². The lowest BCUT2D eigenvalue weighted by atomic mass is 10.1. The van der Waals surface area contributed by atoms with Gasteiger partial charge in [-0.05, 0) is 49.6 Å². The molecule has 0 unspecified atom stereocenters. The maximum absolute atomic E-state index is 13.3. The number of carbonyl (C=O) groups excluding carboxylic acids is 2. The molecule has 2 aromatic rings. The number of rotatable bonds is 5. The SMILES string of the molecule is COC(=O)c1cc(S(=O)(=O)N2CCC[C@@H]2C(=O)Nc2ccc(F)cc2C)cn1C. The number of anilines is 1. The summed E-state index contributed by atoms with van der Waals surface area (Å²) >= 11 is 0. The van der Waals surface area contributed by atoms with Crippen LogP contribution >= 0.6 is 0 Å². The van der Waals surface area contributed by atoms with E-state index in [2.05, 4.69) is 10.1 Å². The summed E-state index contributed by atoms with van der Waals surface area (Å²) in [6.45, 7) is 1.84. The van der Waals surface area contributed by atoms with Crippen LogP contribution < -0.4 is 5.32 Å². The van der Waals surface area contributed by atoms with Gasteiger partial charge < -0.3 is 14.6 Å². The highest BCUT2D eigenvalue weighted by molar-refractivity contribution is 7.89. The first-order chi connectivity index (χ1) is 13.6. The summed E-state index contributed by atoms with van der Waals surface area (Å²) in [6, 6.07) is 4.29. The molecule has 3 rings (SSSR count). The van der Waals surface area contributed by atoms with Gasteiger partial charge in [0.05, 0.1) is 7.11 Å². The van der Waals surface area contributed by atoms with Gasteiger partial charge in [-0.15, -0.1) is 0 Å². The molecule has 29 heavy (non-hydrogen) atoms. The van der Waals surface area contributed by atoms with Crippen molar-refractivity contribution in [2.75, 3.05) is 19.0 Å². The van der Waals surface area contributed by atoms with Gasteiger partial charge in [-0.3, -0.25) is 4.79 Å². The monoisotopic (exact) mass is 423 g/mol. The van der Waals surface area contributed by atoms with E-state index in [4.69, 9.17) is 0 Å². The highest BCUT2D eigenvalue weighted by Crippen LogP contribution is 2.28. The first kappa shape index (κ1) is 21.0. The second-order valence-electron chi connectivity index (χ2n) is 6.89. The van der Waals surface area contributed by atoms with E-state index in [1.165, 1.54) is 49.2 Å². The molecule has 1 aromatic heterocycles. The van der Waals surface area contributed by atoms with Crippen molar-refractivity contribution in [1.29, 1.82) is 0 Å². The van der Waals surface area contributed by atoms with E-state index in [-0.39, 0.29) is 17.1 Å². The molecule has 0 saturated carbocycles. The third kappa shape index (κ3) is 4.03. The van der Waals surface area contributed by atoms with Crippen LogP contribution in [0.4, 0.5) is 10.1 Å². The third-order valence-electron chi connectivity index (χ3n) is 4.93. The number of halogens is 1. The Morgan fingerprint density at radius 1 is 1.28 bits per heavy atom. The van der Waals surface area contributed by atoms with Gasteiger partial charge >= 0.3 is 5.97 Å². The van der Waals surface area contributed by atoms with Gasteiger partial charge in [0, 0.05) is 25.5 Å². The number of ether oxygens (including phenoxy) is 1. The lowest BCUT2D eigenvalue weighted by molar-refractivity contribution is -0.119. The maximum atomic E-state index is 13.3. The molecule has 1 atom stereocenters. The summed E-state index contributed by atoms with van der Waals surface area (Å²) in [5.41, 5.74) is 1.05. The molecule has 1 fully saturated rings. The average Bonchev–Trinajstić information content (AvgIpc) is 3.31. The van der Waals surface area contributed by atoms with Crippen molar-refractivity contribution >= 4 is 27.6 Å². The Bertz CT molecular complexity index is 1060. The van der Waals surface area contributed by atoms with Crippen molar-refractivity contribution < 1.29 is 27.1 Å². The van der Waals surface area contributed by atoms with E-state index in [1.54, 1.807) is 6.92 Å². The number of aromatic nitrogens is 1. The molecule has 8 nitrogen and oxygen atoms in total. The number of aryl methyl sites for hydroxylation is 2. The molecular weight excluding hydrogens is 401 g/mol. The van der Waals surface area contributed by atoms with E-state index in [9.17, 15) is 22.4 Å². The quantitative estimate of drug-likeness (QED) is 0.743. The molecule has 1 aliphatic rings. The molecule has 1 N–H and O–H groups in total. The number of sulfonamides is 1. The van der Waals surface area contributed by atoms with E-state index in [0.29, 0.717) is 24.1 Å². The Morgan fingerprint density at radius 2 is 2.00 bits per heavy atom. The largest absolute Gasteiger partial charge is 0.464 e. The fraction of sp³-hybridized carbons (Fsp3) is 0.368. The average molecular weight is 423 g/mol. The van der Waals surface area contributed by atoms with Crippen LogP contribution in [0.15, 0.2) is 35.4 Å². The van der Waals surface area contributed by atoms with Gasteiger partial charge in [0.2, 0.25) is 15.9 Å². The van der Waals surface area contributed by atoms with Gasteiger partial charge in [0.1, 0.15) is 22.4 Å². The van der Waals surface area contributed by atoms with Crippen molar-refractivity contribution in [3.63, 3.8) is 0 Å². The highest BCUT2D eigenvalue weighted by atomic mass is 32.2. The molecular formula is C19H22FN3O5S. The van der Waals surface area contributed by atoms with Crippen molar-refractivity contribution in [2.24, 2.45) is 7.05 Å². The zero-order valence-electron chi connectivity index (χ0n) is 16.3. The summed E-state index contributed by atoms with van der Waals surface area (Å²) in [4.78, 5) is 24.5. The number of amides is 1. The highest BCUT2D eigenvalue weighted by Gasteiger charge is 2.40. The number of carbonyl (C=O) groups is 2. The fourth-order valence-electron chi connectivity index (χ4n) is 3.39. The number of nitrogens with one attached hydrogen (secondary N) is 1. The standard InChI is InChI=1S/C19H22FN3O5S/c1-12-9-13(20)6-7-15(12)21-18(24)16-5-4-8-23(16)29(26,27)14-10-17(19(25)28-3)22(2)11-14/h6-7,9-11,16H,4-5,8H2,1-3H3,(H,21,24)/t16-/m1/s1. The summed E-state index contributed by atoms with van der Waals surface area (Å²) < 4.78 is 46.7. The molecule has 0 radical (unpaired) electrons. The molecule has 0 bridgehead atoms. The molecule has 0 aliphatic carbocycles. The first-order valence-corrected chi connectivity index (χ1v) is 10.4. The minimum atomic E-state index is -4.00. The number of hydrogen-bond donors (Lipinski definition) is 1. The minimum absolute atomic E-state index is 0.0851. The Kier molecular flexibility index (Phi) is 5.76. The topological polar surface area (TPSA) is 97.7 Å². The van der Waals surface area contributed by atoms with Crippen LogP contribution in [-0.4, -0.2) is 48.9 Å².